The van der Waals surface area contributed by atoms with E-state index in [1.54, 1.807) is 32.0 Å². The number of halogens is 1. The van der Waals surface area contributed by atoms with Gasteiger partial charge in [0.15, 0.2) is 12.4 Å². The van der Waals surface area contributed by atoms with Crippen LogP contribution in [0, 0.1) is 12.7 Å². The molecular weight excluding hydrogens is 405 g/mol. The lowest BCUT2D eigenvalue weighted by Gasteiger charge is -2.13. The molecule has 0 aliphatic heterocycles. The maximum absolute atomic E-state index is 13.0. The molecule has 1 heterocycles. The number of hydrogen-bond acceptors (Lipinski definition) is 6. The van der Waals surface area contributed by atoms with Gasteiger partial charge in [0.2, 0.25) is 5.69 Å². The van der Waals surface area contributed by atoms with Gasteiger partial charge in [0.05, 0.1) is 18.4 Å². The van der Waals surface area contributed by atoms with Crippen molar-refractivity contribution in [2.24, 2.45) is 0 Å². The van der Waals surface area contributed by atoms with Crippen molar-refractivity contribution in [1.29, 1.82) is 0 Å². The Morgan fingerprint density at radius 3 is 2.52 bits per heavy atom. The van der Waals surface area contributed by atoms with Gasteiger partial charge in [0.25, 0.3) is 11.5 Å². The Bertz CT molecular complexity index is 1160. The quantitative estimate of drug-likeness (QED) is 0.585. The summed E-state index contributed by atoms with van der Waals surface area (Å²) >= 11 is 0. The minimum Gasteiger partial charge on any atom is -0.481 e. The summed E-state index contributed by atoms with van der Waals surface area (Å²) in [6.45, 7) is 3.03. The Morgan fingerprint density at radius 2 is 1.84 bits per heavy atom. The Labute approximate surface area is 177 Å². The number of esters is 1. The van der Waals surface area contributed by atoms with Crippen molar-refractivity contribution in [3.63, 3.8) is 0 Å². The highest BCUT2D eigenvalue weighted by Crippen LogP contribution is 2.18. The molecule has 0 aliphatic rings. The van der Waals surface area contributed by atoms with Gasteiger partial charge < -0.3 is 14.8 Å². The van der Waals surface area contributed by atoms with Crippen LogP contribution >= 0.6 is 0 Å². The molecule has 9 heteroatoms. The largest absolute Gasteiger partial charge is 0.481 e. The molecule has 0 unspecified atom stereocenters. The number of nitrogens with one attached hydrogen (secondary N) is 1. The number of carbonyl (C=O) groups is 2. The number of amides is 1. The third kappa shape index (κ3) is 5.33. The van der Waals surface area contributed by atoms with Crippen LogP contribution in [-0.4, -0.2) is 34.9 Å². The monoisotopic (exact) mass is 425 g/mol. The lowest BCUT2D eigenvalue weighted by molar-refractivity contribution is -0.118. The molecule has 160 valence electrons. The molecule has 0 radical (unpaired) electrons. The van der Waals surface area contributed by atoms with Gasteiger partial charge in [-0.05, 0) is 49.7 Å². The van der Waals surface area contributed by atoms with Crippen molar-refractivity contribution >= 4 is 17.6 Å². The number of benzene rings is 2. The van der Waals surface area contributed by atoms with Gasteiger partial charge in [0.1, 0.15) is 5.82 Å². The topological polar surface area (TPSA) is 99.5 Å². The summed E-state index contributed by atoms with van der Waals surface area (Å²) in [5, 5.41) is 6.65. The molecule has 0 bridgehead atoms. The SMILES string of the molecule is CCOC(=O)c1nn(-c2ccccc2C)c(=O)cc1OCC(=O)Nc1ccc(F)cc1. The van der Waals surface area contributed by atoms with Crippen LogP contribution in [0.3, 0.4) is 0 Å². The normalized spacial score (nSPS) is 10.4. The molecule has 1 amide bonds. The summed E-state index contributed by atoms with van der Waals surface area (Å²) in [5.41, 5.74) is 0.863. The highest BCUT2D eigenvalue weighted by Gasteiger charge is 2.21. The van der Waals surface area contributed by atoms with Crippen molar-refractivity contribution in [3.8, 4) is 11.4 Å². The first-order valence-corrected chi connectivity index (χ1v) is 9.44. The lowest BCUT2D eigenvalue weighted by atomic mass is 10.2. The molecule has 0 aliphatic carbocycles. The van der Waals surface area contributed by atoms with E-state index in [1.807, 2.05) is 6.07 Å². The third-order valence-electron chi connectivity index (χ3n) is 4.20. The number of carbonyl (C=O) groups excluding carboxylic acids is 2. The zero-order valence-electron chi connectivity index (χ0n) is 16.9. The first-order valence-electron chi connectivity index (χ1n) is 9.44. The van der Waals surface area contributed by atoms with E-state index in [0.29, 0.717) is 11.4 Å². The van der Waals surface area contributed by atoms with E-state index in [0.717, 1.165) is 16.3 Å². The molecule has 0 saturated heterocycles. The average Bonchev–Trinajstić information content (AvgIpc) is 2.75. The van der Waals surface area contributed by atoms with Crippen LogP contribution in [0.1, 0.15) is 23.0 Å². The molecule has 0 saturated carbocycles. The van der Waals surface area contributed by atoms with Crippen LogP contribution in [0.4, 0.5) is 10.1 Å². The predicted octanol–water partition coefficient (Wildman–Crippen LogP) is 2.87. The lowest BCUT2D eigenvalue weighted by Crippen LogP contribution is -2.27. The van der Waals surface area contributed by atoms with Gasteiger partial charge in [-0.3, -0.25) is 9.59 Å². The molecule has 31 heavy (non-hydrogen) atoms. The van der Waals surface area contributed by atoms with E-state index in [-0.39, 0.29) is 18.1 Å². The van der Waals surface area contributed by atoms with Gasteiger partial charge in [-0.25, -0.2) is 9.18 Å². The number of aromatic nitrogens is 2. The number of rotatable bonds is 7. The summed E-state index contributed by atoms with van der Waals surface area (Å²) in [4.78, 5) is 37.2. The van der Waals surface area contributed by atoms with Crippen LogP contribution in [0.2, 0.25) is 0 Å². The van der Waals surface area contributed by atoms with Gasteiger partial charge in [-0.15, -0.1) is 0 Å². The van der Waals surface area contributed by atoms with Gasteiger partial charge in [-0.2, -0.15) is 9.78 Å². The van der Waals surface area contributed by atoms with Gasteiger partial charge in [0, 0.05) is 5.69 Å². The summed E-state index contributed by atoms with van der Waals surface area (Å²) in [7, 11) is 0. The molecule has 8 nitrogen and oxygen atoms in total. The van der Waals surface area contributed by atoms with Gasteiger partial charge >= 0.3 is 5.97 Å². The predicted molar refractivity (Wildman–Crippen MR) is 111 cm³/mol. The number of anilines is 1. The smallest absolute Gasteiger partial charge is 0.362 e. The fourth-order valence-electron chi connectivity index (χ4n) is 2.74. The summed E-state index contributed by atoms with van der Waals surface area (Å²) in [6, 6.07) is 13.3. The first kappa shape index (κ1) is 21.7. The van der Waals surface area contributed by atoms with Crippen molar-refractivity contribution in [2.75, 3.05) is 18.5 Å². The molecule has 1 N–H and O–H groups in total. The summed E-state index contributed by atoms with van der Waals surface area (Å²) < 4.78 is 24.5. The minimum absolute atomic E-state index is 0.0918. The van der Waals surface area contributed by atoms with Gasteiger partial charge in [-0.1, -0.05) is 18.2 Å². The first-order chi connectivity index (χ1) is 14.9. The molecule has 0 atom stereocenters. The molecule has 2 aromatic carbocycles. The van der Waals surface area contributed by atoms with Crippen molar-refractivity contribution < 1.29 is 23.5 Å². The van der Waals surface area contributed by atoms with Crippen molar-refractivity contribution in [1.82, 2.24) is 9.78 Å². The Balaban J connectivity index is 1.86. The van der Waals surface area contributed by atoms with Crippen LogP contribution in [0.5, 0.6) is 5.75 Å². The van der Waals surface area contributed by atoms with Crippen molar-refractivity contribution in [3.05, 3.63) is 82.0 Å². The van der Waals surface area contributed by atoms with Crippen LogP contribution in [0.25, 0.3) is 5.69 Å². The highest BCUT2D eigenvalue weighted by molar-refractivity contribution is 5.93. The molecular formula is C22H20FN3O5. The molecule has 0 fully saturated rings. The van der Waals surface area contributed by atoms with E-state index in [4.69, 9.17) is 9.47 Å². The average molecular weight is 425 g/mol. The van der Waals surface area contributed by atoms with Crippen LogP contribution in [0.15, 0.2) is 59.4 Å². The summed E-state index contributed by atoms with van der Waals surface area (Å²) in [6.07, 6.45) is 0. The maximum Gasteiger partial charge on any atom is 0.362 e. The second-order valence-electron chi connectivity index (χ2n) is 6.46. The fourth-order valence-corrected chi connectivity index (χ4v) is 2.74. The Hall–Kier alpha value is -4.01. The summed E-state index contributed by atoms with van der Waals surface area (Å²) in [5.74, 6) is -1.97. The van der Waals surface area contributed by atoms with E-state index < -0.39 is 29.9 Å². The van der Waals surface area contributed by atoms with Crippen LogP contribution in [-0.2, 0) is 9.53 Å². The molecule has 3 rings (SSSR count). The zero-order valence-corrected chi connectivity index (χ0v) is 16.9. The number of ether oxygens (including phenoxy) is 2. The minimum atomic E-state index is -0.793. The molecule has 3 aromatic rings. The van der Waals surface area contributed by atoms with E-state index in [9.17, 15) is 18.8 Å². The third-order valence-corrected chi connectivity index (χ3v) is 4.20. The molecule has 1 aromatic heterocycles. The number of para-hydroxylation sites is 1. The fraction of sp³-hybridized carbons (Fsp3) is 0.182. The second-order valence-corrected chi connectivity index (χ2v) is 6.46. The highest BCUT2D eigenvalue weighted by atomic mass is 19.1. The zero-order chi connectivity index (χ0) is 22.4. The molecule has 0 spiro atoms. The maximum atomic E-state index is 13.0. The van der Waals surface area contributed by atoms with E-state index in [1.165, 1.54) is 24.3 Å². The Morgan fingerprint density at radius 1 is 1.13 bits per heavy atom. The van der Waals surface area contributed by atoms with E-state index >= 15 is 0 Å². The van der Waals surface area contributed by atoms with Crippen molar-refractivity contribution in [2.45, 2.75) is 13.8 Å². The second kappa shape index (κ2) is 9.66. The number of aryl methyl sites for hydroxylation is 1. The van der Waals surface area contributed by atoms with Crippen LogP contribution < -0.4 is 15.6 Å². The number of hydrogen-bond donors (Lipinski definition) is 1. The standard InChI is InChI=1S/C22H20FN3O5/c1-3-30-22(29)21-18(31-13-19(27)24-16-10-8-15(23)9-11-16)12-20(28)26(25-21)17-7-5-4-6-14(17)2/h4-12H,3,13H2,1-2H3,(H,24,27). The van der Waals surface area contributed by atoms with E-state index in [2.05, 4.69) is 10.4 Å². The Kier molecular flexibility index (Phi) is 6.76. The number of nitrogens with zero attached hydrogens (tertiary/aromatic N) is 2.